The maximum absolute atomic E-state index is 11.5. The molecule has 0 unspecified atom stereocenters. The zero-order valence-electron chi connectivity index (χ0n) is 9.79. The maximum atomic E-state index is 11.5. The van der Waals surface area contributed by atoms with Crippen LogP contribution in [0.4, 0.5) is 0 Å². The first-order valence-corrected chi connectivity index (χ1v) is 5.41. The minimum atomic E-state index is 0. The molecule has 0 bridgehead atoms. The number of pyridine rings is 1. The molecule has 2 aromatic rings. The Morgan fingerprint density at radius 3 is 2.67 bits per heavy atom. The Balaban J connectivity index is 0.000000711. The fourth-order valence-electron chi connectivity index (χ4n) is 1.47. The monoisotopic (exact) mass is 208 g/mol. The summed E-state index contributed by atoms with van der Waals surface area (Å²) >= 11 is 0. The number of nitrogens with zero attached hydrogens (tertiary/aromatic N) is 1. The van der Waals surface area contributed by atoms with Gasteiger partial charge in [-0.1, -0.05) is 20.8 Å². The van der Waals surface area contributed by atoms with Crippen molar-refractivity contribution in [2.24, 2.45) is 0 Å². The van der Waals surface area contributed by atoms with Crippen molar-refractivity contribution in [2.45, 2.75) is 34.1 Å². The van der Waals surface area contributed by atoms with E-state index in [-0.39, 0.29) is 6.99 Å². The summed E-state index contributed by atoms with van der Waals surface area (Å²) in [5.41, 5.74) is 2.99. The van der Waals surface area contributed by atoms with Crippen molar-refractivity contribution in [2.75, 3.05) is 0 Å². The second kappa shape index (κ2) is 4.82. The van der Waals surface area contributed by atoms with Gasteiger partial charge in [0.2, 0.25) is 0 Å². The van der Waals surface area contributed by atoms with Crippen LogP contribution in [0.2, 0.25) is 0 Å². The van der Waals surface area contributed by atoms with Crippen molar-refractivity contribution in [3.63, 3.8) is 0 Å². The van der Waals surface area contributed by atoms with Crippen LogP contribution >= 0.6 is 0 Å². The Morgan fingerprint density at radius 1 is 1.40 bits per heavy atom. The van der Waals surface area contributed by atoms with Crippen LogP contribution in [0.3, 0.4) is 0 Å². The molecule has 2 aromatic heterocycles. The number of rotatable bonds is 1. The average molecular weight is 208 g/mol. The van der Waals surface area contributed by atoms with Crippen LogP contribution in [0.1, 0.15) is 33.5 Å². The molecule has 3 heteroatoms. The van der Waals surface area contributed by atoms with E-state index in [0.29, 0.717) is 0 Å². The second-order valence-electron chi connectivity index (χ2n) is 3.26. The second-order valence-corrected chi connectivity index (χ2v) is 3.26. The lowest BCUT2D eigenvalue weighted by atomic mass is 10.3. The van der Waals surface area contributed by atoms with Crippen molar-refractivity contribution >= 4 is 5.65 Å². The summed E-state index contributed by atoms with van der Waals surface area (Å²) in [5.74, 6) is 0. The molecule has 0 spiro atoms. The molecule has 0 radical (unpaired) electrons. The van der Waals surface area contributed by atoms with E-state index in [4.69, 9.17) is 0 Å². The molecule has 84 valence electrons. The van der Waals surface area contributed by atoms with E-state index in [1.807, 2.05) is 33.0 Å². The summed E-state index contributed by atoms with van der Waals surface area (Å²) in [6.07, 6.45) is 2.78. The number of aromatic amines is 1. The lowest BCUT2D eigenvalue weighted by Gasteiger charge is -1.92. The van der Waals surface area contributed by atoms with Crippen molar-refractivity contribution in [3.05, 3.63) is 39.9 Å². The summed E-state index contributed by atoms with van der Waals surface area (Å²) in [6, 6.07) is 3.61. The van der Waals surface area contributed by atoms with Crippen molar-refractivity contribution in [3.8, 4) is 0 Å². The molecule has 3 nitrogen and oxygen atoms in total. The largest absolute Gasteiger partial charge is 0.343 e. The van der Waals surface area contributed by atoms with E-state index in [2.05, 4.69) is 11.9 Å². The van der Waals surface area contributed by atoms with E-state index in [1.54, 1.807) is 10.5 Å². The third-order valence-electron chi connectivity index (χ3n) is 2.17. The first kappa shape index (κ1) is 11.6. The van der Waals surface area contributed by atoms with Gasteiger partial charge in [-0.2, -0.15) is 0 Å². The molecule has 2 rings (SSSR count). The molecule has 0 aromatic carbocycles. The normalized spacial score (nSPS) is 9.87. The Bertz CT molecular complexity index is 499. The van der Waals surface area contributed by atoms with Gasteiger partial charge in [-0.25, -0.2) is 0 Å². The highest BCUT2D eigenvalue weighted by Crippen LogP contribution is 2.04. The quantitative estimate of drug-likeness (QED) is 0.768. The first-order chi connectivity index (χ1) is 7.20. The molecule has 0 fully saturated rings. The average Bonchev–Trinajstić information content (AvgIpc) is 2.64. The van der Waals surface area contributed by atoms with Crippen LogP contribution in [-0.2, 0) is 6.42 Å². The van der Waals surface area contributed by atoms with Gasteiger partial charge in [0.15, 0.2) is 0 Å². The molecule has 0 atom stereocenters. The molecule has 0 saturated carbocycles. The summed E-state index contributed by atoms with van der Waals surface area (Å²) < 4.78 is 1.64. The van der Waals surface area contributed by atoms with E-state index in [1.165, 1.54) is 0 Å². The summed E-state index contributed by atoms with van der Waals surface area (Å²) in [4.78, 5) is 14.7. The first-order valence-electron chi connectivity index (χ1n) is 5.41. The van der Waals surface area contributed by atoms with Crippen LogP contribution in [0.5, 0.6) is 0 Å². The fraction of sp³-hybridized carbons (Fsp3) is 0.417. The van der Waals surface area contributed by atoms with Crippen LogP contribution < -0.4 is 5.56 Å². The number of H-pyrrole nitrogens is 1. The number of aryl methyl sites for hydroxylation is 2. The van der Waals surface area contributed by atoms with Gasteiger partial charge in [0, 0.05) is 19.4 Å². The topological polar surface area (TPSA) is 37.3 Å². The van der Waals surface area contributed by atoms with Gasteiger partial charge >= 0.3 is 0 Å². The van der Waals surface area contributed by atoms with Crippen molar-refractivity contribution in [1.82, 2.24) is 9.38 Å². The SMILES string of the molecule is CC.CCc1cn2c(=O)cc(C)cc2[nH]1.[HH]. The predicted molar refractivity (Wildman–Crippen MR) is 65.6 cm³/mol. The molecule has 2 heterocycles. The van der Waals surface area contributed by atoms with E-state index >= 15 is 0 Å². The summed E-state index contributed by atoms with van der Waals surface area (Å²) in [6.45, 7) is 7.98. The van der Waals surface area contributed by atoms with Gasteiger partial charge in [0.05, 0.1) is 0 Å². The van der Waals surface area contributed by atoms with Crippen LogP contribution in [-0.4, -0.2) is 9.38 Å². The zero-order valence-corrected chi connectivity index (χ0v) is 9.79. The highest BCUT2D eigenvalue weighted by atomic mass is 16.1. The maximum Gasteiger partial charge on any atom is 0.256 e. The fourth-order valence-corrected chi connectivity index (χ4v) is 1.47. The molecule has 0 amide bonds. The Morgan fingerprint density at radius 2 is 2.07 bits per heavy atom. The number of nitrogens with one attached hydrogen (secondary N) is 1. The van der Waals surface area contributed by atoms with Gasteiger partial charge in [-0.3, -0.25) is 9.20 Å². The van der Waals surface area contributed by atoms with Crippen LogP contribution in [0.15, 0.2) is 23.1 Å². The van der Waals surface area contributed by atoms with E-state index < -0.39 is 0 Å². The molecule has 0 aliphatic rings. The lowest BCUT2D eigenvalue weighted by molar-refractivity contribution is 1.06. The minimum absolute atomic E-state index is 0. The molecular formula is C12H20N2O. The number of aromatic nitrogens is 2. The third-order valence-corrected chi connectivity index (χ3v) is 2.17. The summed E-state index contributed by atoms with van der Waals surface area (Å²) in [7, 11) is 0. The van der Waals surface area contributed by atoms with E-state index in [0.717, 1.165) is 23.3 Å². The van der Waals surface area contributed by atoms with Gasteiger partial charge in [-0.05, 0) is 25.0 Å². The standard InChI is InChI=1S/C10H12N2O.C2H6.H2/c1-3-8-6-12-9(11-8)4-7(2)5-10(12)13;1-2;/h4-6,11H,3H2,1-2H3;1-2H3;1H. The number of imidazole rings is 1. The minimum Gasteiger partial charge on any atom is -0.343 e. The molecule has 0 saturated heterocycles. The Kier molecular flexibility index (Phi) is 3.72. The zero-order chi connectivity index (χ0) is 11.4. The predicted octanol–water partition coefficient (Wildman–Crippen LogP) is 2.77. The highest BCUT2D eigenvalue weighted by Gasteiger charge is 2.00. The van der Waals surface area contributed by atoms with Crippen molar-refractivity contribution < 1.29 is 1.43 Å². The lowest BCUT2D eigenvalue weighted by Crippen LogP contribution is -2.10. The molecule has 15 heavy (non-hydrogen) atoms. The number of hydrogen-bond acceptors (Lipinski definition) is 1. The molecular weight excluding hydrogens is 188 g/mol. The number of fused-ring (bicyclic) bond motifs is 1. The van der Waals surface area contributed by atoms with E-state index in [9.17, 15) is 4.79 Å². The Hall–Kier alpha value is -1.51. The Labute approximate surface area is 91.2 Å². The van der Waals surface area contributed by atoms with Gasteiger partial charge in [-0.15, -0.1) is 0 Å². The third kappa shape index (κ3) is 2.29. The van der Waals surface area contributed by atoms with Gasteiger partial charge in [0.1, 0.15) is 5.65 Å². The molecule has 0 aliphatic heterocycles. The van der Waals surface area contributed by atoms with Gasteiger partial charge < -0.3 is 4.98 Å². The van der Waals surface area contributed by atoms with Crippen molar-refractivity contribution in [1.29, 1.82) is 0 Å². The van der Waals surface area contributed by atoms with Gasteiger partial charge in [0.25, 0.3) is 5.56 Å². The van der Waals surface area contributed by atoms with Crippen LogP contribution in [0, 0.1) is 6.92 Å². The number of hydrogen-bond donors (Lipinski definition) is 1. The molecule has 1 N–H and O–H groups in total. The highest BCUT2D eigenvalue weighted by molar-refractivity contribution is 5.42. The van der Waals surface area contributed by atoms with Crippen LogP contribution in [0.25, 0.3) is 5.65 Å². The molecule has 0 aliphatic carbocycles. The summed E-state index contributed by atoms with van der Waals surface area (Å²) in [5, 5.41) is 0. The smallest absolute Gasteiger partial charge is 0.256 e.